The van der Waals surface area contributed by atoms with E-state index in [2.05, 4.69) is 47.1 Å². The summed E-state index contributed by atoms with van der Waals surface area (Å²) in [6, 6.07) is 13.7. The van der Waals surface area contributed by atoms with Gasteiger partial charge in [0.05, 0.1) is 4.83 Å². The van der Waals surface area contributed by atoms with Gasteiger partial charge in [-0.25, -0.2) is 4.39 Å². The van der Waals surface area contributed by atoms with Crippen LogP contribution in [0.15, 0.2) is 42.5 Å². The van der Waals surface area contributed by atoms with Crippen molar-refractivity contribution in [3.8, 4) is 0 Å². The van der Waals surface area contributed by atoms with Gasteiger partial charge in [0.2, 0.25) is 0 Å². The molecule has 0 saturated heterocycles. The summed E-state index contributed by atoms with van der Waals surface area (Å²) in [5.41, 5.74) is 4.21. The van der Waals surface area contributed by atoms with Crippen LogP contribution >= 0.6 is 15.9 Å². The van der Waals surface area contributed by atoms with E-state index in [4.69, 9.17) is 0 Å². The lowest BCUT2D eigenvalue weighted by atomic mass is 10.00. The summed E-state index contributed by atoms with van der Waals surface area (Å²) in [5, 5.41) is 0. The van der Waals surface area contributed by atoms with Crippen molar-refractivity contribution in [3.63, 3.8) is 0 Å². The molecular formula is C18H20BrF. The van der Waals surface area contributed by atoms with Crippen molar-refractivity contribution < 1.29 is 4.39 Å². The van der Waals surface area contributed by atoms with E-state index in [9.17, 15) is 4.39 Å². The summed E-state index contributed by atoms with van der Waals surface area (Å²) in [7, 11) is 0. The molecule has 0 nitrogen and oxygen atoms in total. The molecule has 0 bridgehead atoms. The third-order valence-electron chi connectivity index (χ3n) is 3.52. The van der Waals surface area contributed by atoms with E-state index >= 15 is 0 Å². The number of hydrogen-bond acceptors (Lipinski definition) is 0. The van der Waals surface area contributed by atoms with Crippen LogP contribution in [0.2, 0.25) is 0 Å². The maximum Gasteiger partial charge on any atom is 0.127 e. The lowest BCUT2D eigenvalue weighted by Gasteiger charge is -2.13. The van der Waals surface area contributed by atoms with Gasteiger partial charge in [0.25, 0.3) is 0 Å². The quantitative estimate of drug-likeness (QED) is 0.591. The zero-order valence-corrected chi connectivity index (χ0v) is 13.6. The fourth-order valence-corrected chi connectivity index (χ4v) is 2.93. The predicted molar refractivity (Wildman–Crippen MR) is 87.0 cm³/mol. The molecule has 0 saturated carbocycles. The Bertz CT molecular complexity index is 560. The van der Waals surface area contributed by atoms with Crippen LogP contribution in [0.25, 0.3) is 0 Å². The van der Waals surface area contributed by atoms with Crippen LogP contribution in [0, 0.1) is 12.7 Å². The molecule has 0 aliphatic carbocycles. The third-order valence-corrected chi connectivity index (χ3v) is 4.54. The summed E-state index contributed by atoms with van der Waals surface area (Å²) in [4.78, 5) is -0.0948. The van der Waals surface area contributed by atoms with Gasteiger partial charge in [0.15, 0.2) is 0 Å². The Morgan fingerprint density at radius 2 is 1.80 bits per heavy atom. The molecule has 0 spiro atoms. The molecule has 0 heterocycles. The Morgan fingerprint density at radius 1 is 1.10 bits per heavy atom. The molecule has 0 aliphatic heterocycles. The van der Waals surface area contributed by atoms with E-state index < -0.39 is 0 Å². The van der Waals surface area contributed by atoms with Gasteiger partial charge in [0.1, 0.15) is 5.82 Å². The Morgan fingerprint density at radius 3 is 2.45 bits per heavy atom. The molecule has 20 heavy (non-hydrogen) atoms. The minimum Gasteiger partial charge on any atom is -0.207 e. The molecule has 0 N–H and O–H groups in total. The van der Waals surface area contributed by atoms with Crippen LogP contribution in [0.5, 0.6) is 0 Å². The number of rotatable bonds is 5. The Labute approximate surface area is 129 Å². The predicted octanol–water partition coefficient (Wildman–Crippen LogP) is 5.96. The highest BCUT2D eigenvalue weighted by atomic mass is 79.9. The highest BCUT2D eigenvalue weighted by Gasteiger charge is 2.14. The van der Waals surface area contributed by atoms with Gasteiger partial charge in [-0.15, -0.1) is 0 Å². The van der Waals surface area contributed by atoms with Crippen LogP contribution < -0.4 is 0 Å². The second-order valence-electron chi connectivity index (χ2n) is 5.23. The van der Waals surface area contributed by atoms with Gasteiger partial charge in [-0.3, -0.25) is 0 Å². The van der Waals surface area contributed by atoms with Crippen LogP contribution in [-0.4, -0.2) is 0 Å². The molecule has 2 aromatic rings. The topological polar surface area (TPSA) is 0 Å². The van der Waals surface area contributed by atoms with Gasteiger partial charge in [-0.1, -0.05) is 71.2 Å². The van der Waals surface area contributed by atoms with E-state index in [-0.39, 0.29) is 10.6 Å². The molecule has 2 aromatic carbocycles. The molecule has 0 aromatic heterocycles. The minimum absolute atomic E-state index is 0.0948. The highest BCUT2D eigenvalue weighted by molar-refractivity contribution is 9.09. The Hall–Kier alpha value is -1.15. The number of benzene rings is 2. The van der Waals surface area contributed by atoms with Gasteiger partial charge in [-0.2, -0.15) is 0 Å². The van der Waals surface area contributed by atoms with Crippen molar-refractivity contribution in [1.29, 1.82) is 0 Å². The number of unbranched alkanes of at least 4 members (excludes halogenated alkanes) is 1. The lowest BCUT2D eigenvalue weighted by molar-refractivity contribution is 0.613. The van der Waals surface area contributed by atoms with Crippen molar-refractivity contribution in [3.05, 3.63) is 70.5 Å². The minimum atomic E-state index is -0.160. The smallest absolute Gasteiger partial charge is 0.127 e. The largest absolute Gasteiger partial charge is 0.207 e. The van der Waals surface area contributed by atoms with Gasteiger partial charge < -0.3 is 0 Å². The zero-order valence-electron chi connectivity index (χ0n) is 12.0. The number of alkyl halides is 1. The van der Waals surface area contributed by atoms with Crippen molar-refractivity contribution in [2.24, 2.45) is 0 Å². The molecule has 0 fully saturated rings. The summed E-state index contributed by atoms with van der Waals surface area (Å²) in [5.74, 6) is -0.160. The van der Waals surface area contributed by atoms with Crippen molar-refractivity contribution in [2.75, 3.05) is 0 Å². The maximum atomic E-state index is 13.9. The highest BCUT2D eigenvalue weighted by Crippen LogP contribution is 2.33. The number of aryl methyl sites for hydroxylation is 2. The third kappa shape index (κ3) is 3.69. The van der Waals surface area contributed by atoms with E-state index in [0.29, 0.717) is 5.56 Å². The second-order valence-corrected chi connectivity index (χ2v) is 6.15. The van der Waals surface area contributed by atoms with Crippen LogP contribution in [0.1, 0.15) is 46.8 Å². The molecule has 0 radical (unpaired) electrons. The Balaban J connectivity index is 2.20. The Kier molecular flexibility index (Phi) is 5.36. The molecule has 1 unspecified atom stereocenters. The first-order chi connectivity index (χ1) is 9.61. The van der Waals surface area contributed by atoms with Gasteiger partial charge in [-0.05, 0) is 37.0 Å². The van der Waals surface area contributed by atoms with E-state index in [1.807, 2.05) is 13.0 Å². The summed E-state index contributed by atoms with van der Waals surface area (Å²) in [6.07, 6.45) is 3.53. The monoisotopic (exact) mass is 334 g/mol. The first-order valence-corrected chi connectivity index (χ1v) is 8.02. The molecule has 1 atom stereocenters. The van der Waals surface area contributed by atoms with Crippen LogP contribution in [0.3, 0.4) is 0 Å². The standard InChI is InChI=1S/C18H20BrF/c1-3-4-5-14-7-9-15(10-8-14)18(19)16-12-13(2)6-11-17(16)20/h6-12,18H,3-5H2,1-2H3. The van der Waals surface area contributed by atoms with Gasteiger partial charge >= 0.3 is 0 Å². The number of hydrogen-bond donors (Lipinski definition) is 0. The van der Waals surface area contributed by atoms with Crippen LogP contribution in [0.4, 0.5) is 4.39 Å². The van der Waals surface area contributed by atoms with E-state index in [1.165, 1.54) is 24.5 Å². The lowest BCUT2D eigenvalue weighted by Crippen LogP contribution is -1.98. The summed E-state index contributed by atoms with van der Waals surface area (Å²) in [6.45, 7) is 4.18. The molecule has 0 amide bonds. The molecular weight excluding hydrogens is 315 g/mol. The van der Waals surface area contributed by atoms with Crippen molar-refractivity contribution >= 4 is 15.9 Å². The van der Waals surface area contributed by atoms with Crippen molar-refractivity contribution in [1.82, 2.24) is 0 Å². The van der Waals surface area contributed by atoms with Crippen molar-refractivity contribution in [2.45, 2.75) is 37.9 Å². The molecule has 0 aliphatic rings. The van der Waals surface area contributed by atoms with Gasteiger partial charge in [0, 0.05) is 5.56 Å². The van der Waals surface area contributed by atoms with Crippen LogP contribution in [-0.2, 0) is 6.42 Å². The first kappa shape index (κ1) is 15.2. The summed E-state index contributed by atoms with van der Waals surface area (Å²) >= 11 is 3.62. The molecule has 2 heteroatoms. The average Bonchev–Trinajstić information content (AvgIpc) is 2.47. The van der Waals surface area contributed by atoms with E-state index in [0.717, 1.165) is 17.5 Å². The fourth-order valence-electron chi connectivity index (χ4n) is 2.27. The fraction of sp³-hybridized carbons (Fsp3) is 0.333. The molecule has 106 valence electrons. The van der Waals surface area contributed by atoms with E-state index in [1.54, 1.807) is 6.07 Å². The first-order valence-electron chi connectivity index (χ1n) is 7.10. The normalized spacial score (nSPS) is 12.4. The zero-order chi connectivity index (χ0) is 14.5. The number of halogens is 2. The second kappa shape index (κ2) is 7.03. The maximum absolute atomic E-state index is 13.9. The SMILES string of the molecule is CCCCc1ccc(C(Br)c2cc(C)ccc2F)cc1. The average molecular weight is 335 g/mol. The molecule has 2 rings (SSSR count). The summed E-state index contributed by atoms with van der Waals surface area (Å²) < 4.78 is 13.9.